The highest BCUT2D eigenvalue weighted by Crippen LogP contribution is 2.38. The molecule has 1 aromatic rings. The van der Waals surface area contributed by atoms with E-state index in [4.69, 9.17) is 4.74 Å². The number of nitrogens with one attached hydrogen (secondary N) is 1. The molecule has 1 aromatic heterocycles. The van der Waals surface area contributed by atoms with E-state index in [1.54, 1.807) is 13.3 Å². The number of aromatic amines is 1. The van der Waals surface area contributed by atoms with Crippen LogP contribution in [0, 0.1) is 0 Å². The fourth-order valence-electron chi connectivity index (χ4n) is 1.92. The fraction of sp³-hybridized carbons (Fsp3) is 0.545. The summed E-state index contributed by atoms with van der Waals surface area (Å²) in [4.78, 5) is 14.7. The van der Waals surface area contributed by atoms with Crippen LogP contribution in [0.2, 0.25) is 0 Å². The first-order valence-electron chi connectivity index (χ1n) is 4.97. The summed E-state index contributed by atoms with van der Waals surface area (Å²) in [7, 11) is 1.70. The molecule has 14 heavy (non-hydrogen) atoms. The van der Waals surface area contributed by atoms with Gasteiger partial charge in [0.1, 0.15) is 0 Å². The molecule has 1 saturated carbocycles. The van der Waals surface area contributed by atoms with Crippen LogP contribution in [0.4, 0.5) is 0 Å². The normalized spacial score (nSPS) is 18.9. The molecule has 0 unspecified atom stereocenters. The first kappa shape index (κ1) is 9.46. The predicted molar refractivity (Wildman–Crippen MR) is 53.3 cm³/mol. The van der Waals surface area contributed by atoms with Gasteiger partial charge in [0, 0.05) is 19.7 Å². The maximum Gasteiger partial charge on any atom is 0.181 e. The van der Waals surface area contributed by atoms with Crippen molar-refractivity contribution in [2.45, 2.75) is 31.3 Å². The third-order valence-corrected chi connectivity index (χ3v) is 3.08. The van der Waals surface area contributed by atoms with Crippen molar-refractivity contribution in [2.24, 2.45) is 0 Å². The summed E-state index contributed by atoms with van der Waals surface area (Å²) in [6, 6.07) is 3.65. The highest BCUT2D eigenvalue weighted by atomic mass is 16.5. The number of aromatic nitrogens is 1. The first-order valence-corrected chi connectivity index (χ1v) is 4.97. The summed E-state index contributed by atoms with van der Waals surface area (Å²) in [6.07, 6.45) is 5.47. The van der Waals surface area contributed by atoms with Crippen LogP contribution in [-0.4, -0.2) is 23.5 Å². The van der Waals surface area contributed by atoms with Gasteiger partial charge in [-0.1, -0.05) is 0 Å². The third kappa shape index (κ3) is 1.60. The summed E-state index contributed by atoms with van der Waals surface area (Å²) >= 11 is 0. The minimum Gasteiger partial charge on any atom is -0.378 e. The van der Waals surface area contributed by atoms with E-state index >= 15 is 0 Å². The van der Waals surface area contributed by atoms with Crippen LogP contribution >= 0.6 is 0 Å². The van der Waals surface area contributed by atoms with Crippen molar-refractivity contribution >= 4 is 5.78 Å². The highest BCUT2D eigenvalue weighted by molar-refractivity contribution is 5.95. The molecule has 0 spiro atoms. The molecule has 1 aliphatic carbocycles. The fourth-order valence-corrected chi connectivity index (χ4v) is 1.92. The molecular formula is C11H15NO2. The lowest BCUT2D eigenvalue weighted by molar-refractivity contribution is -0.0705. The second-order valence-electron chi connectivity index (χ2n) is 3.92. The average molecular weight is 193 g/mol. The summed E-state index contributed by atoms with van der Waals surface area (Å²) in [6.45, 7) is 0. The van der Waals surface area contributed by atoms with E-state index in [1.807, 2.05) is 12.1 Å². The van der Waals surface area contributed by atoms with Crippen molar-refractivity contribution in [3.05, 3.63) is 24.0 Å². The minimum absolute atomic E-state index is 0.150. The lowest BCUT2D eigenvalue weighted by atomic mass is 9.76. The number of hydrogen-bond donors (Lipinski definition) is 1. The molecule has 0 atom stereocenters. The van der Waals surface area contributed by atoms with Crippen LogP contribution in [0.3, 0.4) is 0 Å². The molecule has 1 aliphatic rings. The summed E-state index contributed by atoms with van der Waals surface area (Å²) in [5.41, 5.74) is 0.524. The zero-order valence-electron chi connectivity index (χ0n) is 8.38. The molecule has 1 fully saturated rings. The second-order valence-corrected chi connectivity index (χ2v) is 3.92. The van der Waals surface area contributed by atoms with Crippen LogP contribution in [0.25, 0.3) is 0 Å². The smallest absolute Gasteiger partial charge is 0.181 e. The van der Waals surface area contributed by atoms with E-state index in [0.717, 1.165) is 12.8 Å². The van der Waals surface area contributed by atoms with E-state index in [-0.39, 0.29) is 11.4 Å². The molecule has 2 rings (SSSR count). The third-order valence-electron chi connectivity index (χ3n) is 3.08. The maximum atomic E-state index is 11.8. The number of ether oxygens (including phenoxy) is 1. The van der Waals surface area contributed by atoms with Crippen LogP contribution < -0.4 is 0 Å². The van der Waals surface area contributed by atoms with E-state index in [1.165, 1.54) is 6.42 Å². The zero-order valence-corrected chi connectivity index (χ0v) is 8.38. The standard InChI is InChI=1S/C11H15NO2/c1-14-11(5-3-6-11)8-10(13)9-4-2-7-12-9/h2,4,7,12H,3,5-6,8H2,1H3. The number of carbonyl (C=O) groups excluding carboxylic acids is 1. The van der Waals surface area contributed by atoms with Gasteiger partial charge >= 0.3 is 0 Å². The molecular weight excluding hydrogens is 178 g/mol. The summed E-state index contributed by atoms with van der Waals surface area (Å²) in [5, 5.41) is 0. The number of ketones is 1. The highest BCUT2D eigenvalue weighted by Gasteiger charge is 2.39. The molecule has 0 aromatic carbocycles. The van der Waals surface area contributed by atoms with Crippen LogP contribution in [0.1, 0.15) is 36.2 Å². The van der Waals surface area contributed by atoms with Crippen LogP contribution in [0.15, 0.2) is 18.3 Å². The Bertz CT molecular complexity index is 307. The number of carbonyl (C=O) groups is 1. The Morgan fingerprint density at radius 1 is 1.64 bits per heavy atom. The van der Waals surface area contributed by atoms with E-state index in [2.05, 4.69) is 4.98 Å². The van der Waals surface area contributed by atoms with Crippen LogP contribution in [0.5, 0.6) is 0 Å². The topological polar surface area (TPSA) is 42.1 Å². The van der Waals surface area contributed by atoms with Crippen molar-refractivity contribution in [3.63, 3.8) is 0 Å². The van der Waals surface area contributed by atoms with E-state index < -0.39 is 0 Å². The Labute approximate surface area is 83.5 Å². The van der Waals surface area contributed by atoms with E-state index in [0.29, 0.717) is 12.1 Å². The molecule has 0 bridgehead atoms. The Morgan fingerprint density at radius 2 is 2.43 bits per heavy atom. The van der Waals surface area contributed by atoms with Gasteiger partial charge in [-0.2, -0.15) is 0 Å². The molecule has 3 nitrogen and oxygen atoms in total. The van der Waals surface area contributed by atoms with E-state index in [9.17, 15) is 4.79 Å². The van der Waals surface area contributed by atoms with Gasteiger partial charge in [0.05, 0.1) is 11.3 Å². The Balaban J connectivity index is 2.01. The van der Waals surface area contributed by atoms with Gasteiger partial charge in [-0.15, -0.1) is 0 Å². The van der Waals surface area contributed by atoms with Crippen molar-refractivity contribution < 1.29 is 9.53 Å². The number of H-pyrrole nitrogens is 1. The minimum atomic E-state index is -0.164. The lowest BCUT2D eigenvalue weighted by Gasteiger charge is -2.39. The van der Waals surface area contributed by atoms with Gasteiger partial charge in [0.15, 0.2) is 5.78 Å². The van der Waals surface area contributed by atoms with Crippen molar-refractivity contribution in [1.82, 2.24) is 4.98 Å². The number of hydrogen-bond acceptors (Lipinski definition) is 2. The Morgan fingerprint density at radius 3 is 2.86 bits per heavy atom. The van der Waals surface area contributed by atoms with Gasteiger partial charge in [-0.25, -0.2) is 0 Å². The van der Waals surface area contributed by atoms with Gasteiger partial charge < -0.3 is 9.72 Å². The molecule has 0 aliphatic heterocycles. The summed E-state index contributed by atoms with van der Waals surface area (Å²) in [5.74, 6) is 0.150. The molecule has 3 heteroatoms. The largest absolute Gasteiger partial charge is 0.378 e. The average Bonchev–Trinajstić information content (AvgIpc) is 2.63. The van der Waals surface area contributed by atoms with Gasteiger partial charge in [-0.05, 0) is 31.4 Å². The Kier molecular flexibility index (Phi) is 2.42. The quantitative estimate of drug-likeness (QED) is 0.744. The van der Waals surface area contributed by atoms with Crippen molar-refractivity contribution in [3.8, 4) is 0 Å². The summed E-state index contributed by atoms with van der Waals surface area (Å²) < 4.78 is 5.41. The Hall–Kier alpha value is -1.09. The van der Waals surface area contributed by atoms with Crippen LogP contribution in [-0.2, 0) is 4.74 Å². The number of rotatable bonds is 4. The first-order chi connectivity index (χ1) is 6.76. The second kappa shape index (κ2) is 3.58. The van der Waals surface area contributed by atoms with Crippen molar-refractivity contribution in [2.75, 3.05) is 7.11 Å². The molecule has 0 amide bonds. The zero-order chi connectivity index (χ0) is 10.0. The van der Waals surface area contributed by atoms with Crippen molar-refractivity contribution in [1.29, 1.82) is 0 Å². The molecule has 0 saturated heterocycles. The number of methoxy groups -OCH3 is 1. The molecule has 1 N–H and O–H groups in total. The number of Topliss-reactive ketones (excluding diaryl/α,β-unsaturated/α-hetero) is 1. The monoisotopic (exact) mass is 193 g/mol. The molecule has 1 heterocycles. The maximum absolute atomic E-state index is 11.8. The van der Waals surface area contributed by atoms with Gasteiger partial charge in [0.2, 0.25) is 0 Å². The molecule has 76 valence electrons. The van der Waals surface area contributed by atoms with Gasteiger partial charge in [0.25, 0.3) is 0 Å². The SMILES string of the molecule is COC1(CC(=O)c2ccc[nH]2)CCC1. The van der Waals surface area contributed by atoms with Gasteiger partial charge in [-0.3, -0.25) is 4.79 Å². The lowest BCUT2D eigenvalue weighted by Crippen LogP contribution is -2.41. The molecule has 0 radical (unpaired) electrons. The predicted octanol–water partition coefficient (Wildman–Crippen LogP) is 2.16.